The number of ether oxygens (including phenoxy) is 2. The minimum Gasteiger partial charge on any atom is -0.497 e. The second-order valence-electron chi connectivity index (χ2n) is 5.31. The molecule has 146 valence electrons. The SMILES string of the molecule is COc1ccc(C(=O)Nc2cc(C(F)(F)F)cc(C(F)(F)F)c2)c(OC)c1. The first-order valence-corrected chi connectivity index (χ1v) is 7.28. The first-order chi connectivity index (χ1) is 12.5. The molecular formula is C17H13F6NO3. The number of carbonyl (C=O) groups is 1. The fourth-order valence-corrected chi connectivity index (χ4v) is 2.21. The number of carbonyl (C=O) groups excluding carboxylic acids is 1. The van der Waals surface area contributed by atoms with Crippen LogP contribution in [0.5, 0.6) is 11.5 Å². The van der Waals surface area contributed by atoms with Gasteiger partial charge in [-0.15, -0.1) is 0 Å². The van der Waals surface area contributed by atoms with Crippen LogP contribution in [0.15, 0.2) is 36.4 Å². The number of methoxy groups -OCH3 is 2. The molecule has 0 aliphatic carbocycles. The first kappa shape index (κ1) is 20.4. The van der Waals surface area contributed by atoms with Crippen molar-refractivity contribution in [3.05, 3.63) is 53.1 Å². The Morgan fingerprint density at radius 3 is 1.85 bits per heavy atom. The van der Waals surface area contributed by atoms with Crippen molar-refractivity contribution >= 4 is 11.6 Å². The zero-order valence-corrected chi connectivity index (χ0v) is 14.0. The van der Waals surface area contributed by atoms with Crippen molar-refractivity contribution in [3.8, 4) is 11.5 Å². The Bertz CT molecular complexity index is 813. The van der Waals surface area contributed by atoms with Gasteiger partial charge >= 0.3 is 12.4 Å². The standard InChI is InChI=1S/C17H13F6NO3/c1-26-12-3-4-13(14(8-12)27-2)15(25)24-11-6-9(16(18,19)20)5-10(7-11)17(21,22)23/h3-8H,1-2H3,(H,24,25). The molecule has 2 rings (SSSR count). The number of anilines is 1. The van der Waals surface area contributed by atoms with Gasteiger partial charge in [0.1, 0.15) is 11.5 Å². The van der Waals surface area contributed by atoms with Crippen molar-refractivity contribution in [2.75, 3.05) is 19.5 Å². The molecule has 0 saturated heterocycles. The second-order valence-corrected chi connectivity index (χ2v) is 5.31. The van der Waals surface area contributed by atoms with E-state index < -0.39 is 35.1 Å². The molecule has 0 spiro atoms. The lowest BCUT2D eigenvalue weighted by molar-refractivity contribution is -0.143. The minimum absolute atomic E-state index is 0.0242. The number of rotatable bonds is 4. The fourth-order valence-electron chi connectivity index (χ4n) is 2.21. The smallest absolute Gasteiger partial charge is 0.416 e. The highest BCUT2D eigenvalue weighted by Crippen LogP contribution is 2.37. The molecule has 0 aromatic heterocycles. The van der Waals surface area contributed by atoms with Crippen LogP contribution in [-0.4, -0.2) is 20.1 Å². The van der Waals surface area contributed by atoms with Crippen molar-refractivity contribution in [3.63, 3.8) is 0 Å². The van der Waals surface area contributed by atoms with Gasteiger partial charge in [0.15, 0.2) is 0 Å². The highest BCUT2D eigenvalue weighted by atomic mass is 19.4. The van der Waals surface area contributed by atoms with Gasteiger partial charge in [-0.25, -0.2) is 0 Å². The lowest BCUT2D eigenvalue weighted by Crippen LogP contribution is -2.16. The van der Waals surface area contributed by atoms with E-state index in [4.69, 9.17) is 9.47 Å². The highest BCUT2D eigenvalue weighted by Gasteiger charge is 2.37. The molecule has 27 heavy (non-hydrogen) atoms. The Morgan fingerprint density at radius 1 is 0.852 bits per heavy atom. The summed E-state index contributed by atoms with van der Waals surface area (Å²) in [4.78, 5) is 12.3. The fraction of sp³-hybridized carbons (Fsp3) is 0.235. The quantitative estimate of drug-likeness (QED) is 0.745. The zero-order chi connectivity index (χ0) is 20.4. The molecule has 1 N–H and O–H groups in total. The zero-order valence-electron chi connectivity index (χ0n) is 14.0. The summed E-state index contributed by atoms with van der Waals surface area (Å²) in [5.41, 5.74) is -3.81. The molecule has 10 heteroatoms. The van der Waals surface area contributed by atoms with Gasteiger partial charge in [-0.1, -0.05) is 0 Å². The Balaban J connectivity index is 2.43. The molecule has 0 heterocycles. The normalized spacial score (nSPS) is 11.9. The lowest BCUT2D eigenvalue weighted by atomic mass is 10.1. The Labute approximate surface area is 149 Å². The molecule has 0 aliphatic rings. The monoisotopic (exact) mass is 393 g/mol. The van der Waals surface area contributed by atoms with Crippen molar-refractivity contribution in [2.45, 2.75) is 12.4 Å². The van der Waals surface area contributed by atoms with E-state index in [9.17, 15) is 31.1 Å². The molecule has 0 atom stereocenters. The maximum absolute atomic E-state index is 12.9. The van der Waals surface area contributed by atoms with Crippen molar-refractivity contribution < 1.29 is 40.6 Å². The molecule has 2 aromatic carbocycles. The summed E-state index contributed by atoms with van der Waals surface area (Å²) in [7, 11) is 2.62. The molecule has 4 nitrogen and oxygen atoms in total. The van der Waals surface area contributed by atoms with E-state index in [1.807, 2.05) is 5.32 Å². The molecule has 0 bridgehead atoms. The average Bonchev–Trinajstić information content (AvgIpc) is 2.59. The van der Waals surface area contributed by atoms with E-state index in [0.717, 1.165) is 0 Å². The topological polar surface area (TPSA) is 47.6 Å². The maximum Gasteiger partial charge on any atom is 0.416 e. The second kappa shape index (κ2) is 7.37. The third-order valence-corrected chi connectivity index (χ3v) is 3.50. The van der Waals surface area contributed by atoms with Crippen molar-refractivity contribution in [1.82, 2.24) is 0 Å². The summed E-state index contributed by atoms with van der Waals surface area (Å²) in [5, 5.41) is 2.04. The predicted octanol–water partition coefficient (Wildman–Crippen LogP) is 4.99. The van der Waals surface area contributed by atoms with E-state index in [-0.39, 0.29) is 17.4 Å². The molecule has 0 aliphatic heterocycles. The number of hydrogen-bond donors (Lipinski definition) is 1. The molecule has 0 unspecified atom stereocenters. The molecular weight excluding hydrogens is 380 g/mol. The number of halogens is 6. The lowest BCUT2D eigenvalue weighted by Gasteiger charge is -2.15. The van der Waals surface area contributed by atoms with Gasteiger partial charge in [0.25, 0.3) is 5.91 Å². The van der Waals surface area contributed by atoms with Crippen LogP contribution in [0.4, 0.5) is 32.0 Å². The highest BCUT2D eigenvalue weighted by molar-refractivity contribution is 6.06. The summed E-state index contributed by atoms with van der Waals surface area (Å²) in [6.07, 6.45) is -10.0. The molecule has 0 radical (unpaired) electrons. The number of hydrogen-bond acceptors (Lipinski definition) is 3. The van der Waals surface area contributed by atoms with E-state index in [0.29, 0.717) is 17.9 Å². The van der Waals surface area contributed by atoms with Gasteiger partial charge in [0, 0.05) is 11.8 Å². The van der Waals surface area contributed by atoms with Crippen LogP contribution in [0.3, 0.4) is 0 Å². The molecule has 2 aromatic rings. The molecule has 0 fully saturated rings. The van der Waals surface area contributed by atoms with E-state index in [1.165, 1.54) is 32.4 Å². The minimum atomic E-state index is -5.02. The molecule has 0 saturated carbocycles. The first-order valence-electron chi connectivity index (χ1n) is 7.28. The summed E-state index contributed by atoms with van der Waals surface area (Å²) < 4.78 is 87.3. The van der Waals surface area contributed by atoms with Crippen LogP contribution >= 0.6 is 0 Å². The van der Waals surface area contributed by atoms with Crippen molar-refractivity contribution in [2.24, 2.45) is 0 Å². The van der Waals surface area contributed by atoms with Gasteiger partial charge in [-0.3, -0.25) is 4.79 Å². The van der Waals surface area contributed by atoms with Gasteiger partial charge < -0.3 is 14.8 Å². The number of alkyl halides is 6. The van der Waals surface area contributed by atoms with Gasteiger partial charge in [0.05, 0.1) is 30.9 Å². The van der Waals surface area contributed by atoms with Crippen molar-refractivity contribution in [1.29, 1.82) is 0 Å². The third-order valence-electron chi connectivity index (χ3n) is 3.50. The average molecular weight is 393 g/mol. The van der Waals surface area contributed by atoms with E-state index >= 15 is 0 Å². The Hall–Kier alpha value is -2.91. The van der Waals surface area contributed by atoms with Crippen LogP contribution < -0.4 is 14.8 Å². The van der Waals surface area contributed by atoms with Crippen LogP contribution in [0.25, 0.3) is 0 Å². The van der Waals surface area contributed by atoms with Crippen LogP contribution in [-0.2, 0) is 12.4 Å². The molecule has 1 amide bonds. The number of amides is 1. The van der Waals surface area contributed by atoms with E-state index in [2.05, 4.69) is 0 Å². The predicted molar refractivity (Wildman–Crippen MR) is 83.9 cm³/mol. The Morgan fingerprint density at radius 2 is 1.41 bits per heavy atom. The van der Waals surface area contributed by atoms with Crippen LogP contribution in [0.2, 0.25) is 0 Å². The maximum atomic E-state index is 12.9. The number of benzene rings is 2. The summed E-state index contributed by atoms with van der Waals surface area (Å²) in [6, 6.07) is 4.83. The van der Waals surface area contributed by atoms with Crippen LogP contribution in [0, 0.1) is 0 Å². The summed E-state index contributed by atoms with van der Waals surface area (Å²) >= 11 is 0. The number of nitrogens with one attached hydrogen (secondary N) is 1. The van der Waals surface area contributed by atoms with Gasteiger partial charge in [-0.2, -0.15) is 26.3 Å². The third kappa shape index (κ3) is 4.83. The summed E-state index contributed by atoms with van der Waals surface area (Å²) in [5.74, 6) is -0.557. The summed E-state index contributed by atoms with van der Waals surface area (Å²) in [6.45, 7) is 0. The Kier molecular flexibility index (Phi) is 5.57. The van der Waals surface area contributed by atoms with E-state index in [1.54, 1.807) is 0 Å². The van der Waals surface area contributed by atoms with Gasteiger partial charge in [-0.05, 0) is 30.3 Å². The van der Waals surface area contributed by atoms with Crippen LogP contribution in [0.1, 0.15) is 21.5 Å². The van der Waals surface area contributed by atoms with Gasteiger partial charge in [0.2, 0.25) is 0 Å². The largest absolute Gasteiger partial charge is 0.497 e.